The van der Waals surface area contributed by atoms with Gasteiger partial charge in [-0.3, -0.25) is 14.2 Å². The number of benzene rings is 1. The third-order valence-corrected chi connectivity index (χ3v) is 3.61. The van der Waals surface area contributed by atoms with Crippen molar-refractivity contribution >= 4 is 38.8 Å². The molecule has 0 aliphatic heterocycles. The van der Waals surface area contributed by atoms with Crippen LogP contribution < -0.4 is 5.56 Å². The van der Waals surface area contributed by atoms with E-state index in [-0.39, 0.29) is 18.5 Å². The van der Waals surface area contributed by atoms with Gasteiger partial charge >= 0.3 is 11.9 Å². The van der Waals surface area contributed by atoms with E-state index in [1.54, 1.807) is 39.0 Å². The molecule has 0 bridgehead atoms. The summed E-state index contributed by atoms with van der Waals surface area (Å²) in [5.41, 5.74) is -0.301. The first kappa shape index (κ1) is 19.1. The first-order valence-electron chi connectivity index (χ1n) is 7.68. The standard InChI is InChI=1S/C17H19BrN2O5/c1-17(2,3)25-15(22)9-24-14(21)6-7-20-10-19-13-5-4-11(18)8-12(13)16(20)23/h4-5,8,10H,6-7,9H2,1-3H3. The van der Waals surface area contributed by atoms with Gasteiger partial charge in [0.1, 0.15) is 5.60 Å². The van der Waals surface area contributed by atoms with Gasteiger partial charge < -0.3 is 9.47 Å². The monoisotopic (exact) mass is 410 g/mol. The highest BCUT2D eigenvalue weighted by Gasteiger charge is 2.17. The second-order valence-corrected chi connectivity index (χ2v) is 7.32. The van der Waals surface area contributed by atoms with Crippen molar-refractivity contribution in [1.82, 2.24) is 9.55 Å². The summed E-state index contributed by atoms with van der Waals surface area (Å²) in [5, 5.41) is 0.457. The van der Waals surface area contributed by atoms with Crippen LogP contribution in [0.2, 0.25) is 0 Å². The van der Waals surface area contributed by atoms with Crippen molar-refractivity contribution in [3.63, 3.8) is 0 Å². The molecule has 2 rings (SSSR count). The van der Waals surface area contributed by atoms with E-state index in [0.717, 1.165) is 4.47 Å². The highest BCUT2D eigenvalue weighted by atomic mass is 79.9. The second kappa shape index (κ2) is 7.77. The minimum Gasteiger partial charge on any atom is -0.457 e. The molecule has 0 atom stereocenters. The number of aryl methyl sites for hydroxylation is 1. The van der Waals surface area contributed by atoms with Crippen LogP contribution in [-0.2, 0) is 25.6 Å². The van der Waals surface area contributed by atoms with Crippen molar-refractivity contribution in [1.29, 1.82) is 0 Å². The zero-order valence-corrected chi connectivity index (χ0v) is 15.8. The summed E-state index contributed by atoms with van der Waals surface area (Å²) >= 11 is 3.31. The summed E-state index contributed by atoms with van der Waals surface area (Å²) in [7, 11) is 0. The molecule has 1 aromatic carbocycles. The lowest BCUT2D eigenvalue weighted by Gasteiger charge is -2.19. The Balaban J connectivity index is 1.94. The topological polar surface area (TPSA) is 87.5 Å². The van der Waals surface area contributed by atoms with Crippen LogP contribution in [0, 0.1) is 0 Å². The molecular formula is C17H19BrN2O5. The predicted octanol–water partition coefficient (Wildman–Crippen LogP) is 2.43. The molecule has 0 fully saturated rings. The smallest absolute Gasteiger partial charge is 0.344 e. The fourth-order valence-electron chi connectivity index (χ4n) is 2.08. The van der Waals surface area contributed by atoms with Gasteiger partial charge in [0.2, 0.25) is 0 Å². The first-order chi connectivity index (χ1) is 11.7. The van der Waals surface area contributed by atoms with Crippen molar-refractivity contribution in [2.45, 2.75) is 39.3 Å². The van der Waals surface area contributed by atoms with E-state index in [1.165, 1.54) is 10.9 Å². The summed E-state index contributed by atoms with van der Waals surface area (Å²) in [5.74, 6) is -1.21. The number of rotatable bonds is 5. The Hall–Kier alpha value is -2.22. The molecule has 1 aromatic heterocycles. The molecule has 7 nitrogen and oxygen atoms in total. The Morgan fingerprint density at radius 3 is 2.64 bits per heavy atom. The quantitative estimate of drug-likeness (QED) is 0.703. The zero-order chi connectivity index (χ0) is 18.6. The van der Waals surface area contributed by atoms with E-state index in [9.17, 15) is 14.4 Å². The summed E-state index contributed by atoms with van der Waals surface area (Å²) in [6.07, 6.45) is 1.34. The molecule has 0 aliphatic rings. The van der Waals surface area contributed by atoms with Gasteiger partial charge in [-0.1, -0.05) is 15.9 Å². The van der Waals surface area contributed by atoms with Crippen LogP contribution in [0.15, 0.2) is 33.8 Å². The average molecular weight is 411 g/mol. The van der Waals surface area contributed by atoms with Gasteiger partial charge in [-0.05, 0) is 39.0 Å². The van der Waals surface area contributed by atoms with Gasteiger partial charge in [-0.2, -0.15) is 0 Å². The molecule has 0 saturated carbocycles. The number of nitrogens with zero attached hydrogens (tertiary/aromatic N) is 2. The first-order valence-corrected chi connectivity index (χ1v) is 8.47. The molecule has 1 heterocycles. The van der Waals surface area contributed by atoms with Gasteiger partial charge in [-0.25, -0.2) is 9.78 Å². The number of hydrogen-bond acceptors (Lipinski definition) is 6. The summed E-state index contributed by atoms with van der Waals surface area (Å²) in [4.78, 5) is 39.8. The normalized spacial score (nSPS) is 11.4. The van der Waals surface area contributed by atoms with Gasteiger partial charge in [0, 0.05) is 11.0 Å². The Morgan fingerprint density at radius 2 is 1.96 bits per heavy atom. The second-order valence-electron chi connectivity index (χ2n) is 6.40. The van der Waals surface area contributed by atoms with E-state index < -0.39 is 24.1 Å². The maximum absolute atomic E-state index is 12.4. The van der Waals surface area contributed by atoms with Crippen molar-refractivity contribution in [2.75, 3.05) is 6.61 Å². The lowest BCUT2D eigenvalue weighted by molar-refractivity contribution is -0.166. The number of carbonyl (C=O) groups excluding carboxylic acids is 2. The van der Waals surface area contributed by atoms with E-state index >= 15 is 0 Å². The van der Waals surface area contributed by atoms with Crippen LogP contribution in [0.25, 0.3) is 10.9 Å². The van der Waals surface area contributed by atoms with Crippen LogP contribution in [0.4, 0.5) is 0 Å². The van der Waals surface area contributed by atoms with E-state index in [1.807, 2.05) is 0 Å². The SMILES string of the molecule is CC(C)(C)OC(=O)COC(=O)CCn1cnc2ccc(Br)cc2c1=O. The molecule has 0 radical (unpaired) electrons. The predicted molar refractivity (Wildman–Crippen MR) is 95.1 cm³/mol. The minimum atomic E-state index is -0.637. The van der Waals surface area contributed by atoms with Crippen LogP contribution in [0.5, 0.6) is 0 Å². The molecule has 0 unspecified atom stereocenters. The summed E-state index contributed by atoms with van der Waals surface area (Å²) in [6, 6.07) is 5.22. The highest BCUT2D eigenvalue weighted by molar-refractivity contribution is 9.10. The molecule has 0 spiro atoms. The average Bonchev–Trinajstić information content (AvgIpc) is 2.51. The fraction of sp³-hybridized carbons (Fsp3) is 0.412. The Kier molecular flexibility index (Phi) is 5.94. The third-order valence-electron chi connectivity index (χ3n) is 3.11. The number of fused-ring (bicyclic) bond motifs is 1. The van der Waals surface area contributed by atoms with Crippen LogP contribution >= 0.6 is 15.9 Å². The van der Waals surface area contributed by atoms with Crippen LogP contribution in [0.3, 0.4) is 0 Å². The maximum Gasteiger partial charge on any atom is 0.344 e. The number of carbonyl (C=O) groups is 2. The molecule has 134 valence electrons. The number of hydrogen-bond donors (Lipinski definition) is 0. The maximum atomic E-state index is 12.4. The number of aromatic nitrogens is 2. The Labute approximate surface area is 153 Å². The zero-order valence-electron chi connectivity index (χ0n) is 14.2. The molecule has 0 saturated heterocycles. The van der Waals surface area contributed by atoms with Crippen molar-refractivity contribution in [3.8, 4) is 0 Å². The largest absolute Gasteiger partial charge is 0.457 e. The van der Waals surface area contributed by atoms with E-state index in [2.05, 4.69) is 20.9 Å². The highest BCUT2D eigenvalue weighted by Crippen LogP contribution is 2.14. The van der Waals surface area contributed by atoms with Gasteiger partial charge in [-0.15, -0.1) is 0 Å². The lowest BCUT2D eigenvalue weighted by atomic mass is 10.2. The van der Waals surface area contributed by atoms with Crippen molar-refractivity contribution in [2.24, 2.45) is 0 Å². The van der Waals surface area contributed by atoms with E-state index in [4.69, 9.17) is 9.47 Å². The third kappa shape index (κ3) is 5.67. The molecule has 0 aliphatic carbocycles. The number of esters is 2. The summed E-state index contributed by atoms with van der Waals surface area (Å²) in [6.45, 7) is 4.84. The van der Waals surface area contributed by atoms with Crippen molar-refractivity contribution in [3.05, 3.63) is 39.4 Å². The molecule has 0 amide bonds. The number of ether oxygens (including phenoxy) is 2. The molecule has 8 heteroatoms. The van der Waals surface area contributed by atoms with Gasteiger partial charge in [0.25, 0.3) is 5.56 Å². The van der Waals surface area contributed by atoms with Gasteiger partial charge in [0.15, 0.2) is 6.61 Å². The molecular weight excluding hydrogens is 392 g/mol. The van der Waals surface area contributed by atoms with Crippen LogP contribution in [0.1, 0.15) is 27.2 Å². The number of halogens is 1. The lowest BCUT2D eigenvalue weighted by Crippen LogP contribution is -2.28. The van der Waals surface area contributed by atoms with Crippen molar-refractivity contribution < 1.29 is 19.1 Å². The molecule has 2 aromatic rings. The Bertz CT molecular complexity index is 854. The van der Waals surface area contributed by atoms with Gasteiger partial charge in [0.05, 0.1) is 23.7 Å². The Morgan fingerprint density at radius 1 is 1.24 bits per heavy atom. The van der Waals surface area contributed by atoms with E-state index in [0.29, 0.717) is 10.9 Å². The molecule has 25 heavy (non-hydrogen) atoms. The summed E-state index contributed by atoms with van der Waals surface area (Å²) < 4.78 is 12.0. The fourth-order valence-corrected chi connectivity index (χ4v) is 2.45. The molecule has 0 N–H and O–H groups in total. The minimum absolute atomic E-state index is 0.0517. The van der Waals surface area contributed by atoms with Crippen LogP contribution in [-0.4, -0.2) is 33.7 Å².